The van der Waals surface area contributed by atoms with E-state index >= 15 is 0 Å². The third kappa shape index (κ3) is 3.33. The van der Waals surface area contributed by atoms with Crippen LogP contribution in [0.3, 0.4) is 0 Å². The predicted molar refractivity (Wildman–Crippen MR) is 125 cm³/mol. The van der Waals surface area contributed by atoms with Gasteiger partial charge in [0.15, 0.2) is 11.4 Å². The number of likely N-dealkylation sites (tertiary alicyclic amines) is 1. The Morgan fingerprint density at radius 3 is 2.75 bits per heavy atom. The summed E-state index contributed by atoms with van der Waals surface area (Å²) in [6, 6.07) is 4.11. The molecule has 9 heteroatoms. The van der Waals surface area contributed by atoms with Gasteiger partial charge in [0, 0.05) is 48.1 Å². The maximum absolute atomic E-state index is 12.6. The van der Waals surface area contributed by atoms with Gasteiger partial charge in [0.2, 0.25) is 5.91 Å². The van der Waals surface area contributed by atoms with Crippen molar-refractivity contribution < 1.29 is 9.59 Å². The zero-order valence-electron chi connectivity index (χ0n) is 18.0. The third-order valence-electron chi connectivity index (χ3n) is 6.22. The molecule has 0 aliphatic carbocycles. The van der Waals surface area contributed by atoms with Crippen molar-refractivity contribution in [1.29, 1.82) is 0 Å². The van der Waals surface area contributed by atoms with Gasteiger partial charge in [0.25, 0.3) is 0 Å². The fraction of sp³-hybridized carbons (Fsp3) is 0.348. The smallest absolute Gasteiger partial charge is 0.222 e. The summed E-state index contributed by atoms with van der Waals surface area (Å²) in [6.07, 6.45) is 5.55. The first kappa shape index (κ1) is 20.6. The van der Waals surface area contributed by atoms with E-state index < -0.39 is 0 Å². The molecule has 4 aromatic heterocycles. The lowest BCUT2D eigenvalue weighted by Gasteiger charge is -2.32. The first-order valence-corrected chi connectivity index (χ1v) is 11.6. The topological polar surface area (TPSA) is 106 Å². The summed E-state index contributed by atoms with van der Waals surface area (Å²) >= 11 is 1.60. The number of amides is 1. The molecule has 5 heterocycles. The number of nitrogens with two attached hydrogens (primary N) is 1. The second-order valence-corrected chi connectivity index (χ2v) is 9.05. The Morgan fingerprint density at radius 1 is 1.25 bits per heavy atom. The van der Waals surface area contributed by atoms with Crippen LogP contribution < -0.4 is 5.73 Å². The SMILES string of the molecule is CCC(=O)N1CCC(c2nc3c(-c4cnc5sccc5c4)cnn3c(N)c2C(C)=O)CC1. The van der Waals surface area contributed by atoms with Crippen molar-refractivity contribution in [2.75, 3.05) is 18.8 Å². The molecule has 164 valence electrons. The number of thiophene rings is 1. The minimum atomic E-state index is -0.127. The monoisotopic (exact) mass is 448 g/mol. The van der Waals surface area contributed by atoms with E-state index in [0.29, 0.717) is 42.2 Å². The second-order valence-electron chi connectivity index (χ2n) is 8.15. The van der Waals surface area contributed by atoms with Crippen LogP contribution in [-0.2, 0) is 4.79 Å². The van der Waals surface area contributed by atoms with E-state index in [1.54, 1.807) is 22.0 Å². The highest BCUT2D eigenvalue weighted by molar-refractivity contribution is 7.16. The molecule has 0 bridgehead atoms. The number of ketones is 1. The number of hydrogen-bond donors (Lipinski definition) is 1. The van der Waals surface area contributed by atoms with E-state index in [-0.39, 0.29) is 17.6 Å². The van der Waals surface area contributed by atoms with Crippen LogP contribution in [0.1, 0.15) is 55.1 Å². The van der Waals surface area contributed by atoms with Gasteiger partial charge < -0.3 is 10.6 Å². The van der Waals surface area contributed by atoms with Gasteiger partial charge in [-0.2, -0.15) is 9.61 Å². The number of anilines is 1. The number of carbonyl (C=O) groups is 2. The zero-order valence-corrected chi connectivity index (χ0v) is 18.9. The number of carbonyl (C=O) groups excluding carboxylic acids is 2. The summed E-state index contributed by atoms with van der Waals surface area (Å²) in [7, 11) is 0. The number of aromatic nitrogens is 4. The van der Waals surface area contributed by atoms with Gasteiger partial charge in [-0.15, -0.1) is 11.3 Å². The van der Waals surface area contributed by atoms with Crippen LogP contribution in [0.4, 0.5) is 5.82 Å². The number of rotatable bonds is 4. The van der Waals surface area contributed by atoms with E-state index in [1.807, 2.05) is 29.5 Å². The van der Waals surface area contributed by atoms with Crippen molar-refractivity contribution in [3.05, 3.63) is 41.2 Å². The van der Waals surface area contributed by atoms with Crippen LogP contribution in [0.15, 0.2) is 29.9 Å². The molecule has 0 spiro atoms. The van der Waals surface area contributed by atoms with Crippen LogP contribution in [0, 0.1) is 0 Å². The molecule has 2 N–H and O–H groups in total. The van der Waals surface area contributed by atoms with Crippen molar-refractivity contribution in [3.63, 3.8) is 0 Å². The molecule has 1 aliphatic heterocycles. The average molecular weight is 449 g/mol. The molecule has 1 fully saturated rings. The largest absolute Gasteiger partial charge is 0.383 e. The molecule has 0 atom stereocenters. The summed E-state index contributed by atoms with van der Waals surface area (Å²) in [4.78, 5) is 37.0. The Hall–Kier alpha value is -3.33. The highest BCUT2D eigenvalue weighted by Gasteiger charge is 2.29. The number of nitrogen functional groups attached to an aromatic ring is 1. The molecular weight excluding hydrogens is 424 g/mol. The Kier molecular flexibility index (Phi) is 5.13. The van der Waals surface area contributed by atoms with Gasteiger partial charge in [-0.25, -0.2) is 9.97 Å². The number of hydrogen-bond acceptors (Lipinski definition) is 7. The fourth-order valence-electron chi connectivity index (χ4n) is 4.52. The van der Waals surface area contributed by atoms with E-state index in [1.165, 1.54) is 6.92 Å². The summed E-state index contributed by atoms with van der Waals surface area (Å²) < 4.78 is 1.54. The van der Waals surface area contributed by atoms with Gasteiger partial charge in [-0.05, 0) is 37.3 Å². The fourth-order valence-corrected chi connectivity index (χ4v) is 5.25. The summed E-state index contributed by atoms with van der Waals surface area (Å²) in [5, 5.41) is 7.51. The molecule has 8 nitrogen and oxygen atoms in total. The summed E-state index contributed by atoms with van der Waals surface area (Å²) in [6.45, 7) is 4.71. The van der Waals surface area contributed by atoms with Crippen molar-refractivity contribution >= 4 is 44.7 Å². The predicted octanol–water partition coefficient (Wildman–Crippen LogP) is 3.91. The van der Waals surface area contributed by atoms with Crippen LogP contribution in [0.2, 0.25) is 0 Å². The van der Waals surface area contributed by atoms with Crippen molar-refractivity contribution in [2.24, 2.45) is 0 Å². The van der Waals surface area contributed by atoms with Gasteiger partial charge in [-0.1, -0.05) is 6.92 Å². The Morgan fingerprint density at radius 2 is 2.03 bits per heavy atom. The van der Waals surface area contributed by atoms with Crippen molar-refractivity contribution in [3.8, 4) is 11.1 Å². The molecule has 5 rings (SSSR count). The Bertz CT molecular complexity index is 1350. The van der Waals surface area contributed by atoms with Crippen LogP contribution in [-0.4, -0.2) is 49.3 Å². The Balaban J connectivity index is 1.61. The van der Waals surface area contributed by atoms with Gasteiger partial charge >= 0.3 is 0 Å². The maximum Gasteiger partial charge on any atom is 0.222 e. The molecule has 0 unspecified atom stereocenters. The van der Waals surface area contributed by atoms with E-state index in [4.69, 9.17) is 10.7 Å². The molecule has 0 saturated carbocycles. The van der Waals surface area contributed by atoms with E-state index in [2.05, 4.69) is 16.1 Å². The first-order valence-electron chi connectivity index (χ1n) is 10.8. The van der Waals surface area contributed by atoms with Crippen LogP contribution >= 0.6 is 11.3 Å². The van der Waals surface area contributed by atoms with Crippen LogP contribution in [0.25, 0.3) is 27.0 Å². The average Bonchev–Trinajstić information content (AvgIpc) is 3.44. The zero-order chi connectivity index (χ0) is 22.4. The van der Waals surface area contributed by atoms with Gasteiger partial charge in [0.05, 0.1) is 17.5 Å². The van der Waals surface area contributed by atoms with Gasteiger partial charge in [-0.3, -0.25) is 9.59 Å². The normalized spacial score (nSPS) is 15.0. The molecule has 1 amide bonds. The minimum absolute atomic E-state index is 0.0577. The van der Waals surface area contributed by atoms with E-state index in [9.17, 15) is 9.59 Å². The third-order valence-corrected chi connectivity index (χ3v) is 7.05. The van der Waals surface area contributed by atoms with Crippen molar-refractivity contribution in [2.45, 2.75) is 39.0 Å². The molecule has 1 saturated heterocycles. The molecular formula is C23H24N6O2S. The molecule has 0 radical (unpaired) electrons. The molecule has 4 aromatic rings. The van der Waals surface area contributed by atoms with Gasteiger partial charge in [0.1, 0.15) is 10.6 Å². The minimum Gasteiger partial charge on any atom is -0.383 e. The Labute approximate surface area is 189 Å². The molecule has 0 aromatic carbocycles. The molecule has 1 aliphatic rings. The quantitative estimate of drug-likeness (QED) is 0.475. The lowest BCUT2D eigenvalue weighted by molar-refractivity contribution is -0.131. The van der Waals surface area contributed by atoms with Crippen LogP contribution in [0.5, 0.6) is 0 Å². The number of Topliss-reactive ketones (excluding diaryl/α,β-unsaturated/α-hetero) is 1. The highest BCUT2D eigenvalue weighted by atomic mass is 32.1. The number of piperidine rings is 1. The number of pyridine rings is 1. The lowest BCUT2D eigenvalue weighted by Crippen LogP contribution is -2.38. The molecule has 32 heavy (non-hydrogen) atoms. The first-order chi connectivity index (χ1) is 15.5. The standard InChI is InChI=1S/C23H24N6O2S/c1-3-18(31)28-7-4-14(5-8-28)20-19(13(2)30)21(24)29-22(27-20)17(12-26-29)16-10-15-6-9-32-23(15)25-11-16/h6,9-12,14H,3-5,7-8,24H2,1-2H3. The van der Waals surface area contributed by atoms with E-state index in [0.717, 1.165) is 34.2 Å². The second kappa shape index (κ2) is 7.98. The lowest BCUT2D eigenvalue weighted by atomic mass is 9.89. The van der Waals surface area contributed by atoms with Crippen molar-refractivity contribution in [1.82, 2.24) is 24.5 Å². The summed E-state index contributed by atoms with van der Waals surface area (Å²) in [5.74, 6) is 0.396. The number of fused-ring (bicyclic) bond motifs is 2. The highest BCUT2D eigenvalue weighted by Crippen LogP contribution is 2.35. The summed E-state index contributed by atoms with van der Waals surface area (Å²) in [5.41, 5.74) is 9.93. The number of nitrogens with zero attached hydrogens (tertiary/aromatic N) is 5. The maximum atomic E-state index is 12.6.